The van der Waals surface area contributed by atoms with Crippen LogP contribution in [0.4, 0.5) is 11.4 Å². The van der Waals surface area contributed by atoms with Gasteiger partial charge in [0, 0.05) is 22.6 Å². The lowest BCUT2D eigenvalue weighted by molar-refractivity contribution is -0.118. The van der Waals surface area contributed by atoms with Gasteiger partial charge in [-0.15, -0.1) is 11.3 Å². The van der Waals surface area contributed by atoms with Crippen LogP contribution in [0.5, 0.6) is 17.2 Å². The molecule has 0 bridgehead atoms. The maximum absolute atomic E-state index is 11.9. The Labute approximate surface area is 217 Å². The number of hydrogen-bond donors (Lipinski definition) is 3. The molecule has 3 N–H and O–H groups in total. The van der Waals surface area contributed by atoms with Gasteiger partial charge in [0.25, 0.3) is 5.91 Å². The zero-order valence-corrected chi connectivity index (χ0v) is 21.4. The van der Waals surface area contributed by atoms with Gasteiger partial charge in [-0.05, 0) is 60.9 Å². The first-order chi connectivity index (χ1) is 17.8. The molecular formula is C28H26N4O4S. The Morgan fingerprint density at radius 3 is 2.59 bits per heavy atom. The molecule has 3 aromatic carbocycles. The normalized spacial score (nSPS) is 13.9. The van der Waals surface area contributed by atoms with Gasteiger partial charge in [0.2, 0.25) is 4.80 Å². The van der Waals surface area contributed by atoms with Gasteiger partial charge in [0.05, 0.1) is 22.8 Å². The van der Waals surface area contributed by atoms with Crippen molar-refractivity contribution in [3.63, 3.8) is 0 Å². The predicted molar refractivity (Wildman–Crippen MR) is 145 cm³/mol. The van der Waals surface area contributed by atoms with E-state index in [0.29, 0.717) is 33.4 Å². The highest BCUT2D eigenvalue weighted by atomic mass is 32.1. The smallest absolute Gasteiger partial charge is 0.262 e. The maximum Gasteiger partial charge on any atom is 0.262 e. The summed E-state index contributed by atoms with van der Waals surface area (Å²) in [6.07, 6.45) is 0. The van der Waals surface area contributed by atoms with Crippen LogP contribution in [0.2, 0.25) is 0 Å². The number of ether oxygens (including phenoxy) is 1. The second kappa shape index (κ2) is 9.94. The Balaban J connectivity index is 1.65. The van der Waals surface area contributed by atoms with Crippen molar-refractivity contribution in [2.45, 2.75) is 26.7 Å². The van der Waals surface area contributed by atoms with Gasteiger partial charge in [-0.3, -0.25) is 4.79 Å². The molecule has 0 spiro atoms. The summed E-state index contributed by atoms with van der Waals surface area (Å²) in [5.41, 5.74) is 5.19. The molecule has 2 heterocycles. The Morgan fingerprint density at radius 1 is 1.08 bits per heavy atom. The summed E-state index contributed by atoms with van der Waals surface area (Å²) in [7, 11) is 0. The Morgan fingerprint density at radius 2 is 1.86 bits per heavy atom. The van der Waals surface area contributed by atoms with Gasteiger partial charge in [-0.2, -0.15) is 5.10 Å². The van der Waals surface area contributed by atoms with E-state index in [4.69, 9.17) is 14.8 Å². The van der Waals surface area contributed by atoms with E-state index in [9.17, 15) is 15.0 Å². The van der Waals surface area contributed by atoms with Crippen molar-refractivity contribution in [1.29, 1.82) is 0 Å². The largest absolute Gasteiger partial charge is 0.508 e. The second-order valence-corrected chi connectivity index (χ2v) is 9.84. The van der Waals surface area contributed by atoms with Crippen molar-refractivity contribution in [1.82, 2.24) is 4.68 Å². The molecule has 9 heteroatoms. The van der Waals surface area contributed by atoms with Crippen molar-refractivity contribution in [2.24, 2.45) is 10.1 Å². The fourth-order valence-corrected chi connectivity index (χ4v) is 4.84. The van der Waals surface area contributed by atoms with E-state index in [1.807, 2.05) is 35.7 Å². The number of carbonyl (C=O) groups excluding carboxylic acids is 1. The first-order valence-corrected chi connectivity index (χ1v) is 12.7. The minimum atomic E-state index is -0.208. The number of phenolic OH excluding ortho intramolecular Hbond substituents is 2. The Bertz CT molecular complexity index is 1580. The summed E-state index contributed by atoms with van der Waals surface area (Å²) in [5, 5.41) is 29.7. The highest BCUT2D eigenvalue weighted by molar-refractivity contribution is 7.07. The summed E-state index contributed by atoms with van der Waals surface area (Å²) in [6, 6.07) is 18.0. The fraction of sp³-hybridized carbons (Fsp3) is 0.179. The Hall–Kier alpha value is -4.37. The number of amides is 1. The van der Waals surface area contributed by atoms with Crippen molar-refractivity contribution in [2.75, 3.05) is 11.9 Å². The Kier molecular flexibility index (Phi) is 6.54. The van der Waals surface area contributed by atoms with Crippen LogP contribution in [0, 0.1) is 0 Å². The number of phenols is 2. The molecular weight excluding hydrogens is 488 g/mol. The monoisotopic (exact) mass is 514 g/mol. The number of anilines is 1. The molecule has 1 aliphatic rings. The lowest BCUT2D eigenvalue weighted by Crippen LogP contribution is -2.25. The molecule has 0 radical (unpaired) electrons. The fourth-order valence-electron chi connectivity index (χ4n) is 3.99. The molecule has 0 unspecified atom stereocenters. The molecule has 0 fully saturated rings. The van der Waals surface area contributed by atoms with Gasteiger partial charge < -0.3 is 20.3 Å². The quantitative estimate of drug-likeness (QED) is 0.302. The van der Waals surface area contributed by atoms with E-state index in [0.717, 1.165) is 16.9 Å². The number of aromatic hydroxyl groups is 2. The zero-order valence-electron chi connectivity index (χ0n) is 20.6. The number of nitrogens with zero attached hydrogens (tertiary/aromatic N) is 3. The lowest BCUT2D eigenvalue weighted by Gasteiger charge is -2.18. The first kappa shape index (κ1) is 24.3. The molecule has 0 atom stereocenters. The molecule has 0 saturated heterocycles. The second-order valence-electron chi connectivity index (χ2n) is 9.01. The molecule has 8 nitrogen and oxygen atoms in total. The summed E-state index contributed by atoms with van der Waals surface area (Å²) >= 11 is 1.43. The van der Waals surface area contributed by atoms with Crippen molar-refractivity contribution in [3.05, 3.63) is 82.0 Å². The van der Waals surface area contributed by atoms with E-state index < -0.39 is 0 Å². The number of aromatic nitrogens is 1. The molecule has 1 amide bonds. The average molecular weight is 515 g/mol. The molecule has 188 valence electrons. The first-order valence-electron chi connectivity index (χ1n) is 11.8. The molecule has 37 heavy (non-hydrogen) atoms. The van der Waals surface area contributed by atoms with E-state index in [-0.39, 0.29) is 24.0 Å². The van der Waals surface area contributed by atoms with Gasteiger partial charge in [0.1, 0.15) is 17.2 Å². The third-order valence-electron chi connectivity index (χ3n) is 6.00. The van der Waals surface area contributed by atoms with Crippen LogP contribution in [0.3, 0.4) is 0 Å². The number of hydrogen-bond acceptors (Lipinski definition) is 7. The third kappa shape index (κ3) is 5.12. The minimum absolute atomic E-state index is 0.0109. The number of carbonyl (C=O) groups is 1. The SMILES string of the molecule is CC(=Nn1c(-c2ccc3c(c2)NC(=O)CO3)csc1=Nc1ccc(C(C)C)cc1)c1ccc(O)cc1O. The molecule has 5 rings (SSSR count). The predicted octanol–water partition coefficient (Wildman–Crippen LogP) is 5.59. The van der Waals surface area contributed by atoms with Gasteiger partial charge in [-0.25, -0.2) is 9.67 Å². The van der Waals surface area contributed by atoms with Crippen LogP contribution in [0.1, 0.15) is 37.8 Å². The number of nitrogens with one attached hydrogen (secondary N) is 1. The number of fused-ring (bicyclic) bond motifs is 1. The molecule has 0 saturated carbocycles. The van der Waals surface area contributed by atoms with E-state index >= 15 is 0 Å². The van der Waals surface area contributed by atoms with E-state index in [2.05, 4.69) is 31.3 Å². The van der Waals surface area contributed by atoms with E-state index in [1.54, 1.807) is 17.7 Å². The zero-order chi connectivity index (χ0) is 26.1. The van der Waals surface area contributed by atoms with Gasteiger partial charge >= 0.3 is 0 Å². The van der Waals surface area contributed by atoms with Crippen LogP contribution < -0.4 is 14.9 Å². The summed E-state index contributed by atoms with van der Waals surface area (Å²) < 4.78 is 7.22. The topological polar surface area (TPSA) is 108 Å². The molecule has 1 aromatic heterocycles. The molecule has 4 aromatic rings. The van der Waals surface area contributed by atoms with Crippen LogP contribution in [-0.4, -0.2) is 33.1 Å². The average Bonchev–Trinajstić information content (AvgIpc) is 3.25. The van der Waals surface area contributed by atoms with Gasteiger partial charge in [-0.1, -0.05) is 26.0 Å². The van der Waals surface area contributed by atoms with Crippen LogP contribution >= 0.6 is 11.3 Å². The van der Waals surface area contributed by atoms with Gasteiger partial charge in [0.15, 0.2) is 6.61 Å². The van der Waals surface area contributed by atoms with Crippen molar-refractivity contribution < 1.29 is 19.7 Å². The summed E-state index contributed by atoms with van der Waals surface area (Å²) in [4.78, 5) is 17.3. The molecule has 1 aliphatic heterocycles. The van der Waals surface area contributed by atoms with E-state index in [1.165, 1.54) is 29.0 Å². The highest BCUT2D eigenvalue weighted by Gasteiger charge is 2.18. The number of thiazole rings is 1. The van der Waals surface area contributed by atoms with Crippen LogP contribution in [0.25, 0.3) is 11.3 Å². The minimum Gasteiger partial charge on any atom is -0.508 e. The highest BCUT2D eigenvalue weighted by Crippen LogP contribution is 2.33. The summed E-state index contributed by atoms with van der Waals surface area (Å²) in [6.45, 7) is 6.06. The van der Waals surface area contributed by atoms with Crippen molar-refractivity contribution >= 4 is 34.3 Å². The van der Waals surface area contributed by atoms with Crippen molar-refractivity contribution in [3.8, 4) is 28.5 Å². The molecule has 0 aliphatic carbocycles. The lowest BCUT2D eigenvalue weighted by atomic mass is 10.0. The van der Waals surface area contributed by atoms with Crippen LogP contribution in [-0.2, 0) is 4.79 Å². The standard InChI is InChI=1S/C28H26N4O4S/c1-16(2)18-4-7-20(8-5-18)29-28-32(31-17(3)22-10-9-21(33)13-25(22)34)24(15-37-28)19-6-11-26-23(12-19)30-27(35)14-36-26/h4-13,15-16,33-34H,14H2,1-3H3,(H,30,35). The number of rotatable bonds is 5. The maximum atomic E-state index is 11.9. The third-order valence-corrected chi connectivity index (χ3v) is 6.82. The number of benzene rings is 3. The van der Waals surface area contributed by atoms with Crippen LogP contribution in [0.15, 0.2) is 76.1 Å². The summed E-state index contributed by atoms with van der Waals surface area (Å²) in [5.74, 6) is 0.715.